The van der Waals surface area contributed by atoms with Crippen molar-refractivity contribution in [2.24, 2.45) is 0 Å². The lowest BCUT2D eigenvalue weighted by atomic mass is 9.67. The van der Waals surface area contributed by atoms with Gasteiger partial charge in [-0.3, -0.25) is 0 Å². The zero-order valence-electron chi connectivity index (χ0n) is 14.7. The summed E-state index contributed by atoms with van der Waals surface area (Å²) < 4.78 is 5.86. The van der Waals surface area contributed by atoms with Crippen molar-refractivity contribution in [2.45, 2.75) is 89.9 Å². The number of hydrogen-bond acceptors (Lipinski definition) is 1. The van der Waals surface area contributed by atoms with E-state index in [1.807, 2.05) is 0 Å². The topological polar surface area (TPSA) is 9.23 Å². The number of rotatable bonds is 9. The summed E-state index contributed by atoms with van der Waals surface area (Å²) in [7, 11) is 0. The summed E-state index contributed by atoms with van der Waals surface area (Å²) in [5.41, 5.74) is 2.01. The molecule has 1 aromatic carbocycles. The molecule has 22 heavy (non-hydrogen) atoms. The van der Waals surface area contributed by atoms with Crippen LogP contribution in [0.25, 0.3) is 0 Å². The number of unbranched alkanes of at least 4 members (excludes halogenated alkanes) is 3. The van der Waals surface area contributed by atoms with Crippen molar-refractivity contribution in [1.29, 1.82) is 0 Å². The molecule has 0 N–H and O–H groups in total. The zero-order valence-corrected chi connectivity index (χ0v) is 14.7. The molecule has 1 saturated carbocycles. The van der Waals surface area contributed by atoms with Gasteiger partial charge in [0.1, 0.15) is 5.75 Å². The quantitative estimate of drug-likeness (QED) is 0.464. The van der Waals surface area contributed by atoms with Crippen molar-refractivity contribution in [3.05, 3.63) is 29.8 Å². The van der Waals surface area contributed by atoms with E-state index >= 15 is 0 Å². The van der Waals surface area contributed by atoms with Crippen molar-refractivity contribution < 1.29 is 4.74 Å². The van der Waals surface area contributed by atoms with E-state index in [9.17, 15) is 0 Å². The van der Waals surface area contributed by atoms with Crippen LogP contribution in [0.4, 0.5) is 0 Å². The maximum absolute atomic E-state index is 5.86. The van der Waals surface area contributed by atoms with Gasteiger partial charge in [-0.2, -0.15) is 0 Å². The van der Waals surface area contributed by atoms with E-state index in [1.165, 1.54) is 70.6 Å². The normalized spacial score (nSPS) is 17.4. The highest BCUT2D eigenvalue weighted by Gasteiger charge is 2.32. The fourth-order valence-corrected chi connectivity index (χ4v) is 3.87. The molecular weight excluding hydrogens is 268 g/mol. The Morgan fingerprint density at radius 1 is 0.864 bits per heavy atom. The van der Waals surface area contributed by atoms with Crippen LogP contribution in [0.5, 0.6) is 5.75 Å². The lowest BCUT2D eigenvalue weighted by molar-refractivity contribution is 0.266. The van der Waals surface area contributed by atoms with Crippen LogP contribution in [0.15, 0.2) is 24.3 Å². The molecule has 0 atom stereocenters. The van der Waals surface area contributed by atoms with Crippen LogP contribution in [0.3, 0.4) is 0 Å². The molecule has 2 rings (SSSR count). The first kappa shape index (κ1) is 17.4. The summed E-state index contributed by atoms with van der Waals surface area (Å²) in [4.78, 5) is 0. The molecule has 0 heterocycles. The third-order valence-corrected chi connectivity index (χ3v) is 5.30. The summed E-state index contributed by atoms with van der Waals surface area (Å²) in [6.07, 6.45) is 14.7. The molecule has 0 aromatic heterocycles. The number of ether oxygens (including phenoxy) is 1. The molecule has 1 aliphatic carbocycles. The molecule has 0 amide bonds. The van der Waals surface area contributed by atoms with E-state index in [-0.39, 0.29) is 0 Å². The van der Waals surface area contributed by atoms with Crippen molar-refractivity contribution in [3.63, 3.8) is 0 Å². The number of hydrogen-bond donors (Lipinski definition) is 0. The van der Waals surface area contributed by atoms with Gasteiger partial charge in [-0.05, 0) is 48.8 Å². The Hall–Kier alpha value is -0.980. The summed E-state index contributed by atoms with van der Waals surface area (Å²) in [6, 6.07) is 9.08. The van der Waals surface area contributed by atoms with Gasteiger partial charge in [0.15, 0.2) is 0 Å². The maximum atomic E-state index is 5.86. The molecule has 124 valence electrons. The molecule has 0 saturated heterocycles. The average molecular weight is 303 g/mol. The predicted octanol–water partition coefficient (Wildman–Crippen LogP) is 6.65. The highest BCUT2D eigenvalue weighted by Crippen LogP contribution is 2.43. The van der Waals surface area contributed by atoms with Crippen molar-refractivity contribution >= 4 is 0 Å². The smallest absolute Gasteiger partial charge is 0.119 e. The minimum Gasteiger partial charge on any atom is -0.494 e. The van der Waals surface area contributed by atoms with Crippen LogP contribution in [-0.4, -0.2) is 6.61 Å². The molecule has 0 spiro atoms. The van der Waals surface area contributed by atoms with Gasteiger partial charge < -0.3 is 4.74 Å². The molecule has 1 fully saturated rings. The predicted molar refractivity (Wildman–Crippen MR) is 95.8 cm³/mol. The van der Waals surface area contributed by atoms with Crippen molar-refractivity contribution in [1.82, 2.24) is 0 Å². The maximum Gasteiger partial charge on any atom is 0.119 e. The van der Waals surface area contributed by atoms with Crippen LogP contribution in [0.2, 0.25) is 0 Å². The van der Waals surface area contributed by atoms with Crippen molar-refractivity contribution in [3.8, 4) is 5.75 Å². The molecule has 1 aliphatic rings. The van der Waals surface area contributed by atoms with Crippen LogP contribution in [0, 0.1) is 0 Å². The van der Waals surface area contributed by atoms with E-state index in [4.69, 9.17) is 4.74 Å². The van der Waals surface area contributed by atoms with Gasteiger partial charge in [0.25, 0.3) is 0 Å². The van der Waals surface area contributed by atoms with Crippen molar-refractivity contribution in [2.75, 3.05) is 6.61 Å². The van der Waals surface area contributed by atoms with Crippen LogP contribution < -0.4 is 4.74 Å². The van der Waals surface area contributed by atoms with E-state index in [0.29, 0.717) is 5.41 Å². The summed E-state index contributed by atoms with van der Waals surface area (Å²) in [5.74, 6) is 1.04. The molecule has 1 heteroatoms. The molecule has 0 unspecified atom stereocenters. The Balaban J connectivity index is 1.99. The summed E-state index contributed by atoms with van der Waals surface area (Å²) in [5, 5.41) is 0. The van der Waals surface area contributed by atoms with Crippen LogP contribution in [-0.2, 0) is 5.41 Å². The third-order valence-electron chi connectivity index (χ3n) is 5.30. The first-order valence-corrected chi connectivity index (χ1v) is 9.54. The lowest BCUT2D eigenvalue weighted by Gasteiger charge is -2.38. The van der Waals surface area contributed by atoms with E-state index in [2.05, 4.69) is 38.1 Å². The molecule has 0 bridgehead atoms. The van der Waals surface area contributed by atoms with Crippen LogP contribution in [0.1, 0.15) is 90.0 Å². The van der Waals surface area contributed by atoms with Gasteiger partial charge in [0.2, 0.25) is 0 Å². The fraction of sp³-hybridized carbons (Fsp3) is 0.714. The van der Waals surface area contributed by atoms with Gasteiger partial charge in [-0.1, -0.05) is 70.9 Å². The molecule has 1 aromatic rings. The van der Waals surface area contributed by atoms with Gasteiger partial charge >= 0.3 is 0 Å². The minimum absolute atomic E-state index is 0.453. The van der Waals surface area contributed by atoms with E-state index in [0.717, 1.165) is 12.4 Å². The van der Waals surface area contributed by atoms with E-state index < -0.39 is 0 Å². The number of benzene rings is 1. The van der Waals surface area contributed by atoms with E-state index in [1.54, 1.807) is 5.56 Å². The second-order valence-electron chi connectivity index (χ2n) is 7.02. The van der Waals surface area contributed by atoms with Gasteiger partial charge in [0.05, 0.1) is 6.61 Å². The standard InChI is InChI=1S/C21H34O/c1-3-5-10-18-22-20-13-11-19(12-14-20)21(15-6-4-2)16-8-7-9-17-21/h11-14H,3-10,15-18H2,1-2H3. The Morgan fingerprint density at radius 3 is 2.18 bits per heavy atom. The minimum atomic E-state index is 0.453. The Bertz CT molecular complexity index is 400. The fourth-order valence-electron chi connectivity index (χ4n) is 3.87. The Kier molecular flexibility index (Phi) is 7.29. The zero-order chi connectivity index (χ0) is 15.7. The molecule has 0 aliphatic heterocycles. The summed E-state index contributed by atoms with van der Waals surface area (Å²) >= 11 is 0. The highest BCUT2D eigenvalue weighted by atomic mass is 16.5. The SMILES string of the molecule is CCCCCOc1ccc(C2(CCCC)CCCCC2)cc1. The average Bonchev–Trinajstić information content (AvgIpc) is 2.58. The second kappa shape index (κ2) is 9.22. The molecule has 0 radical (unpaired) electrons. The molecular formula is C21H34O. The third kappa shape index (κ3) is 4.76. The monoisotopic (exact) mass is 302 g/mol. The summed E-state index contributed by atoms with van der Waals surface area (Å²) in [6.45, 7) is 5.40. The highest BCUT2D eigenvalue weighted by molar-refractivity contribution is 5.33. The first-order valence-electron chi connectivity index (χ1n) is 9.54. The Labute approximate surface area is 137 Å². The second-order valence-corrected chi connectivity index (χ2v) is 7.02. The molecule has 1 nitrogen and oxygen atoms in total. The Morgan fingerprint density at radius 2 is 1.55 bits per heavy atom. The lowest BCUT2D eigenvalue weighted by Crippen LogP contribution is -2.29. The largest absolute Gasteiger partial charge is 0.494 e. The van der Waals surface area contributed by atoms with Gasteiger partial charge in [-0.25, -0.2) is 0 Å². The van der Waals surface area contributed by atoms with Gasteiger partial charge in [-0.15, -0.1) is 0 Å². The first-order chi connectivity index (χ1) is 10.8. The van der Waals surface area contributed by atoms with Gasteiger partial charge in [0, 0.05) is 0 Å². The van der Waals surface area contributed by atoms with Crippen LogP contribution >= 0.6 is 0 Å².